The summed E-state index contributed by atoms with van der Waals surface area (Å²) in [4.78, 5) is 4.22. The van der Waals surface area contributed by atoms with E-state index in [1.807, 2.05) is 24.3 Å². The predicted octanol–water partition coefficient (Wildman–Crippen LogP) is 2.71. The normalized spacial score (nSPS) is 25.3. The number of ether oxygens (including phenoxy) is 2. The van der Waals surface area contributed by atoms with Crippen molar-refractivity contribution in [3.05, 3.63) is 48.8 Å². The van der Waals surface area contributed by atoms with Crippen molar-refractivity contribution in [3.63, 3.8) is 0 Å². The maximum absolute atomic E-state index is 13.2. The fourth-order valence-corrected chi connectivity index (χ4v) is 5.99. The highest BCUT2D eigenvalue weighted by molar-refractivity contribution is 7.89. The van der Waals surface area contributed by atoms with Gasteiger partial charge in [0.05, 0.1) is 13.2 Å². The van der Waals surface area contributed by atoms with Crippen LogP contribution in [-0.4, -0.2) is 43.5 Å². The number of aromatic nitrogens is 1. The third-order valence-corrected chi connectivity index (χ3v) is 7.31. The summed E-state index contributed by atoms with van der Waals surface area (Å²) in [6.45, 7) is 0.341. The molecule has 0 unspecified atom stereocenters. The molecule has 1 aliphatic carbocycles. The highest BCUT2D eigenvalue weighted by Crippen LogP contribution is 2.45. The van der Waals surface area contributed by atoms with Gasteiger partial charge in [0.1, 0.15) is 23.0 Å². The van der Waals surface area contributed by atoms with E-state index in [-0.39, 0.29) is 17.0 Å². The third-order valence-electron chi connectivity index (χ3n) is 5.35. The summed E-state index contributed by atoms with van der Waals surface area (Å²) >= 11 is 0. The number of rotatable bonds is 6. The molecule has 0 spiro atoms. The second-order valence-electron chi connectivity index (χ2n) is 6.81. The van der Waals surface area contributed by atoms with Gasteiger partial charge in [-0.3, -0.25) is 4.98 Å². The summed E-state index contributed by atoms with van der Waals surface area (Å²) < 4.78 is 39.1. The zero-order valence-corrected chi connectivity index (χ0v) is 15.4. The first-order valence-electron chi connectivity index (χ1n) is 8.80. The van der Waals surface area contributed by atoms with Crippen LogP contribution in [0.15, 0.2) is 53.7 Å². The molecule has 138 valence electrons. The molecule has 4 rings (SSSR count). The first kappa shape index (κ1) is 17.3. The Morgan fingerprint density at radius 1 is 1.19 bits per heavy atom. The molecular formula is C19H22N2O4S. The van der Waals surface area contributed by atoms with E-state index in [0.717, 1.165) is 25.0 Å². The second-order valence-corrected chi connectivity index (χ2v) is 8.65. The quantitative estimate of drug-likeness (QED) is 0.778. The summed E-state index contributed by atoms with van der Waals surface area (Å²) in [6, 6.07) is 10.6. The zero-order chi connectivity index (χ0) is 18.1. The van der Waals surface area contributed by atoms with E-state index in [2.05, 4.69) is 4.98 Å². The minimum absolute atomic E-state index is 0.0594. The van der Waals surface area contributed by atoms with E-state index >= 15 is 0 Å². The van der Waals surface area contributed by atoms with E-state index in [0.29, 0.717) is 18.3 Å². The molecule has 7 heteroatoms. The molecule has 2 aliphatic rings. The van der Waals surface area contributed by atoms with E-state index in [9.17, 15) is 8.42 Å². The zero-order valence-electron chi connectivity index (χ0n) is 14.6. The number of benzene rings is 1. The van der Waals surface area contributed by atoms with Crippen LogP contribution >= 0.6 is 0 Å². The maximum Gasteiger partial charge on any atom is 0.245 e. The molecule has 1 aliphatic heterocycles. The number of hydrogen-bond donors (Lipinski definition) is 0. The van der Waals surface area contributed by atoms with Crippen LogP contribution in [0, 0.1) is 5.92 Å². The van der Waals surface area contributed by atoms with Crippen LogP contribution in [0.25, 0.3) is 0 Å². The molecule has 2 heterocycles. The molecule has 0 amide bonds. The van der Waals surface area contributed by atoms with E-state index in [4.69, 9.17) is 9.47 Å². The minimum atomic E-state index is -3.57. The van der Waals surface area contributed by atoms with Crippen LogP contribution in [0.5, 0.6) is 11.5 Å². The van der Waals surface area contributed by atoms with Crippen LogP contribution in [0.4, 0.5) is 0 Å². The summed E-state index contributed by atoms with van der Waals surface area (Å²) in [5.74, 6) is 1.75. The molecule has 1 saturated carbocycles. The molecule has 1 saturated heterocycles. The maximum atomic E-state index is 13.2. The Balaban J connectivity index is 1.56. The van der Waals surface area contributed by atoms with Crippen LogP contribution in [0.3, 0.4) is 0 Å². The molecule has 2 fully saturated rings. The molecule has 0 radical (unpaired) electrons. The highest BCUT2D eigenvalue weighted by Gasteiger charge is 2.51. The largest absolute Gasteiger partial charge is 0.497 e. The van der Waals surface area contributed by atoms with Crippen molar-refractivity contribution in [2.45, 2.75) is 36.2 Å². The van der Waals surface area contributed by atoms with Crippen LogP contribution in [0.1, 0.15) is 19.3 Å². The van der Waals surface area contributed by atoms with Crippen molar-refractivity contribution in [2.75, 3.05) is 13.7 Å². The van der Waals surface area contributed by atoms with Crippen molar-refractivity contribution in [1.29, 1.82) is 0 Å². The lowest BCUT2D eigenvalue weighted by molar-refractivity contribution is 0.162. The average Bonchev–Trinajstić information content (AvgIpc) is 3.29. The number of sulfonamides is 1. The molecule has 6 nitrogen and oxygen atoms in total. The van der Waals surface area contributed by atoms with Crippen LogP contribution in [0.2, 0.25) is 0 Å². The Morgan fingerprint density at radius 2 is 2.04 bits per heavy atom. The van der Waals surface area contributed by atoms with Gasteiger partial charge in [0.15, 0.2) is 0 Å². The van der Waals surface area contributed by atoms with Gasteiger partial charge < -0.3 is 9.47 Å². The van der Waals surface area contributed by atoms with Crippen molar-refractivity contribution in [1.82, 2.24) is 9.29 Å². The van der Waals surface area contributed by atoms with Crippen molar-refractivity contribution in [3.8, 4) is 11.5 Å². The van der Waals surface area contributed by atoms with Crippen molar-refractivity contribution < 1.29 is 17.9 Å². The van der Waals surface area contributed by atoms with E-state index in [1.54, 1.807) is 29.7 Å². The van der Waals surface area contributed by atoms with E-state index < -0.39 is 10.0 Å². The lowest BCUT2D eigenvalue weighted by atomic mass is 10.0. The Labute approximate surface area is 153 Å². The summed E-state index contributed by atoms with van der Waals surface area (Å²) in [6.07, 6.45) is 5.88. The number of piperidine rings is 1. The fraction of sp³-hybridized carbons (Fsp3) is 0.421. The smallest absolute Gasteiger partial charge is 0.245 e. The number of nitrogens with zero attached hydrogens (tertiary/aromatic N) is 2. The molecule has 1 aromatic carbocycles. The lowest BCUT2D eigenvalue weighted by Crippen LogP contribution is -2.47. The Bertz CT molecular complexity index is 872. The molecule has 1 aromatic heterocycles. The van der Waals surface area contributed by atoms with Gasteiger partial charge >= 0.3 is 0 Å². The van der Waals surface area contributed by atoms with Gasteiger partial charge in [0.25, 0.3) is 0 Å². The average molecular weight is 374 g/mol. The van der Waals surface area contributed by atoms with Gasteiger partial charge in [-0.1, -0.05) is 6.07 Å². The number of hydrogen-bond acceptors (Lipinski definition) is 5. The second kappa shape index (κ2) is 6.89. The number of pyridine rings is 1. The topological polar surface area (TPSA) is 68.7 Å². The predicted molar refractivity (Wildman–Crippen MR) is 96.7 cm³/mol. The van der Waals surface area contributed by atoms with E-state index in [1.165, 1.54) is 6.20 Å². The molecule has 3 atom stereocenters. The molecule has 2 bridgehead atoms. The van der Waals surface area contributed by atoms with Crippen molar-refractivity contribution in [2.24, 2.45) is 5.92 Å². The minimum Gasteiger partial charge on any atom is -0.497 e. The first-order valence-corrected chi connectivity index (χ1v) is 10.2. The summed E-state index contributed by atoms with van der Waals surface area (Å²) in [5.41, 5.74) is 0. The highest BCUT2D eigenvalue weighted by atomic mass is 32.2. The van der Waals surface area contributed by atoms with Crippen LogP contribution in [-0.2, 0) is 10.0 Å². The molecular weight excluding hydrogens is 352 g/mol. The Kier molecular flexibility index (Phi) is 4.58. The monoisotopic (exact) mass is 374 g/mol. The molecule has 2 aromatic rings. The van der Waals surface area contributed by atoms with Gasteiger partial charge in [-0.05, 0) is 49.4 Å². The van der Waals surface area contributed by atoms with Gasteiger partial charge in [-0.2, -0.15) is 4.31 Å². The number of fused-ring (bicyclic) bond motifs is 2. The summed E-state index contributed by atoms with van der Waals surface area (Å²) in [5, 5.41) is 0. The SMILES string of the molecule is COc1cccc(OC[C@@H]2[C@H]3CC[C@H](C3)N2S(=O)(=O)c2cccnc2)c1. The van der Waals surface area contributed by atoms with Gasteiger partial charge in [-0.25, -0.2) is 8.42 Å². The molecule has 0 N–H and O–H groups in total. The molecule has 26 heavy (non-hydrogen) atoms. The standard InChI is InChI=1S/C19H22N2O4S/c1-24-16-4-2-5-17(11-16)25-13-19-14-7-8-15(10-14)21(19)26(22,23)18-6-3-9-20-12-18/h2-6,9,11-12,14-15,19H,7-8,10,13H2,1H3/t14-,15+,19+/m0/s1. The fourth-order valence-electron chi connectivity index (χ4n) is 4.13. The lowest BCUT2D eigenvalue weighted by Gasteiger charge is -2.34. The van der Waals surface area contributed by atoms with Gasteiger partial charge in [0.2, 0.25) is 10.0 Å². The third kappa shape index (κ3) is 3.05. The van der Waals surface area contributed by atoms with Crippen molar-refractivity contribution >= 4 is 10.0 Å². The Hall–Kier alpha value is -2.12. The Morgan fingerprint density at radius 3 is 2.81 bits per heavy atom. The van der Waals surface area contributed by atoms with Gasteiger partial charge in [0, 0.05) is 24.5 Å². The first-order chi connectivity index (χ1) is 12.6. The van der Waals surface area contributed by atoms with Crippen LogP contribution < -0.4 is 9.47 Å². The van der Waals surface area contributed by atoms with Gasteiger partial charge in [-0.15, -0.1) is 0 Å². The number of methoxy groups -OCH3 is 1. The summed E-state index contributed by atoms with van der Waals surface area (Å²) in [7, 11) is -1.96.